The molecular formula is C30H54LiNO5SSi. The largest absolute Gasteiger partial charge is 1.00 e. The molecule has 0 saturated heterocycles. The minimum Gasteiger partial charge on any atom is -0.607 e. The molecule has 39 heavy (non-hydrogen) atoms. The average molecular weight is 576 g/mol. The van der Waals surface area contributed by atoms with Crippen molar-refractivity contribution in [1.82, 2.24) is 4.31 Å². The van der Waals surface area contributed by atoms with Crippen molar-refractivity contribution in [3.05, 3.63) is 12.2 Å². The van der Waals surface area contributed by atoms with Gasteiger partial charge in [0.1, 0.15) is 0 Å². The van der Waals surface area contributed by atoms with E-state index >= 15 is 0 Å². The summed E-state index contributed by atoms with van der Waals surface area (Å²) in [7, 11) is -5.67. The van der Waals surface area contributed by atoms with Gasteiger partial charge in [0.25, 0.3) is 0 Å². The van der Waals surface area contributed by atoms with Gasteiger partial charge in [0, 0.05) is 23.6 Å². The standard InChI is InChI=1S/C30H55NO5SSi.Li/c1-28(2,3)38(6,7)35-21-27(32)36-26-20-23-18-19-30(26,29(23,4)5)22-37(33,34)31(24-14-10-8-11-15-24)25-16-12-9-13-17-25;/h21,23-26,32H,8-20,22H2,1-7H3;/q;+1/p-1/b27-21+;/t23-,26-,30-;/m1./s1. The van der Waals surface area contributed by atoms with Gasteiger partial charge in [-0.15, -0.1) is 0 Å². The molecule has 0 aromatic rings. The molecule has 4 rings (SSSR count). The summed E-state index contributed by atoms with van der Waals surface area (Å²) in [4.78, 5) is 0. The van der Waals surface area contributed by atoms with Crippen LogP contribution in [-0.2, 0) is 19.2 Å². The molecular weight excluding hydrogens is 521 g/mol. The van der Waals surface area contributed by atoms with Gasteiger partial charge in [0.2, 0.25) is 18.3 Å². The maximum Gasteiger partial charge on any atom is 1.00 e. The molecule has 9 heteroatoms. The molecule has 4 saturated carbocycles. The SMILES string of the molecule is CC1(C)[C@@H]2CC[C@@]1(CS(=O)(=O)N(C1CCCCC1)C1CCCCC1)[C@H](O/C([O-])=C/O[Si](C)(C)C(C)(C)C)C2.[Li+]. The Morgan fingerprint density at radius 2 is 1.49 bits per heavy atom. The Morgan fingerprint density at radius 1 is 0.974 bits per heavy atom. The quantitative estimate of drug-likeness (QED) is 0.310. The number of hydrogen-bond donors (Lipinski definition) is 0. The van der Waals surface area contributed by atoms with E-state index < -0.39 is 35.8 Å². The van der Waals surface area contributed by atoms with E-state index in [9.17, 15) is 13.5 Å². The Labute approximate surface area is 252 Å². The first kappa shape index (κ1) is 33.4. The smallest absolute Gasteiger partial charge is 0.607 e. The van der Waals surface area contributed by atoms with E-state index in [2.05, 4.69) is 47.7 Å². The first-order valence-electron chi connectivity index (χ1n) is 15.3. The van der Waals surface area contributed by atoms with E-state index in [4.69, 9.17) is 9.16 Å². The van der Waals surface area contributed by atoms with Gasteiger partial charge in [-0.1, -0.05) is 73.1 Å². The van der Waals surface area contributed by atoms with E-state index in [0.717, 1.165) is 70.6 Å². The van der Waals surface area contributed by atoms with Gasteiger partial charge in [-0.05, 0) is 74.4 Å². The Balaban J connectivity index is 0.00000420. The molecule has 0 spiro atoms. The third kappa shape index (κ3) is 6.61. The van der Waals surface area contributed by atoms with Crippen LogP contribution >= 0.6 is 0 Å². The molecule has 0 N–H and O–H groups in total. The maximum absolute atomic E-state index is 14.5. The van der Waals surface area contributed by atoms with Gasteiger partial charge in [-0.25, -0.2) is 8.42 Å². The first-order chi connectivity index (χ1) is 17.6. The van der Waals surface area contributed by atoms with E-state index in [0.29, 0.717) is 5.92 Å². The second kappa shape index (κ2) is 12.2. The summed E-state index contributed by atoms with van der Waals surface area (Å²) < 4.78 is 43.2. The number of nitrogens with zero attached hydrogens (tertiary/aromatic N) is 1. The van der Waals surface area contributed by atoms with Crippen LogP contribution in [0.15, 0.2) is 12.2 Å². The predicted molar refractivity (Wildman–Crippen MR) is 154 cm³/mol. The minimum atomic E-state index is -3.54. The van der Waals surface area contributed by atoms with E-state index in [1.165, 1.54) is 19.1 Å². The van der Waals surface area contributed by atoms with Gasteiger partial charge in [-0.3, -0.25) is 0 Å². The zero-order valence-electron chi connectivity index (χ0n) is 26.2. The minimum absolute atomic E-state index is 0. The predicted octanol–water partition coefficient (Wildman–Crippen LogP) is 3.68. The van der Waals surface area contributed by atoms with Crippen LogP contribution < -0.4 is 24.0 Å². The molecule has 0 aromatic carbocycles. The first-order valence-corrected chi connectivity index (χ1v) is 19.9. The fourth-order valence-corrected chi connectivity index (χ4v) is 11.4. The zero-order valence-corrected chi connectivity index (χ0v) is 28.0. The number of ether oxygens (including phenoxy) is 1. The van der Waals surface area contributed by atoms with E-state index in [-0.39, 0.29) is 47.2 Å². The van der Waals surface area contributed by atoms with Crippen LogP contribution in [0.5, 0.6) is 0 Å². The molecule has 2 bridgehead atoms. The van der Waals surface area contributed by atoms with Crippen LogP contribution in [0.2, 0.25) is 18.1 Å². The van der Waals surface area contributed by atoms with Gasteiger partial charge in [0.05, 0.1) is 18.0 Å². The summed E-state index contributed by atoms with van der Waals surface area (Å²) >= 11 is 0. The van der Waals surface area contributed by atoms with E-state index in [1.54, 1.807) is 0 Å². The number of fused-ring (bicyclic) bond motifs is 2. The summed E-state index contributed by atoms with van der Waals surface area (Å²) in [5.41, 5.74) is -0.755. The fraction of sp³-hybridized carbons (Fsp3) is 0.933. The van der Waals surface area contributed by atoms with E-state index in [1.807, 2.05) is 4.31 Å². The van der Waals surface area contributed by atoms with Gasteiger partial charge < -0.3 is 14.3 Å². The fourth-order valence-electron chi connectivity index (χ4n) is 7.87. The molecule has 4 fully saturated rings. The van der Waals surface area contributed by atoms with Gasteiger partial charge in [0.15, 0.2) is 0 Å². The second-order valence-electron chi connectivity index (χ2n) is 14.9. The van der Waals surface area contributed by atoms with Crippen molar-refractivity contribution in [2.24, 2.45) is 16.7 Å². The van der Waals surface area contributed by atoms with Crippen LogP contribution in [0.25, 0.3) is 0 Å². The monoisotopic (exact) mass is 575 g/mol. The van der Waals surface area contributed by atoms with Crippen molar-refractivity contribution < 1.29 is 41.5 Å². The van der Waals surface area contributed by atoms with Crippen LogP contribution in [0.1, 0.15) is 118 Å². The third-order valence-corrected chi connectivity index (χ3v) is 17.9. The summed E-state index contributed by atoms with van der Waals surface area (Å²) in [6.07, 6.45) is 14.2. The second-order valence-corrected chi connectivity index (χ2v) is 21.6. The van der Waals surface area contributed by atoms with Gasteiger partial charge >= 0.3 is 18.9 Å². The Morgan fingerprint density at radius 3 is 1.95 bits per heavy atom. The van der Waals surface area contributed by atoms with Crippen molar-refractivity contribution in [3.63, 3.8) is 0 Å². The number of hydrogen-bond acceptors (Lipinski definition) is 5. The zero-order chi connectivity index (χ0) is 28.0. The van der Waals surface area contributed by atoms with Crippen LogP contribution in [-0.4, -0.2) is 45.0 Å². The van der Waals surface area contributed by atoms with Crippen molar-refractivity contribution >= 4 is 18.3 Å². The summed E-state index contributed by atoms with van der Waals surface area (Å²) in [6.45, 7) is 15.1. The van der Waals surface area contributed by atoms with Crippen molar-refractivity contribution in [1.29, 1.82) is 0 Å². The number of sulfonamides is 1. The Bertz CT molecular complexity index is 948. The van der Waals surface area contributed by atoms with Gasteiger partial charge in [-0.2, -0.15) is 4.31 Å². The third-order valence-electron chi connectivity index (χ3n) is 11.5. The molecule has 3 atom stereocenters. The molecule has 0 aliphatic heterocycles. The summed E-state index contributed by atoms with van der Waals surface area (Å²) in [6, 6.07) is 0.254. The summed E-state index contributed by atoms with van der Waals surface area (Å²) in [5, 5.41) is 13.0. The molecule has 0 radical (unpaired) electrons. The average Bonchev–Trinajstić information content (AvgIpc) is 3.18. The van der Waals surface area contributed by atoms with Crippen molar-refractivity contribution in [2.75, 3.05) is 5.75 Å². The molecule has 4 aliphatic carbocycles. The van der Waals surface area contributed by atoms with Crippen molar-refractivity contribution in [3.8, 4) is 0 Å². The molecule has 0 unspecified atom stereocenters. The molecule has 4 aliphatic rings. The molecule has 6 nitrogen and oxygen atoms in total. The molecule has 0 amide bonds. The molecule has 220 valence electrons. The normalized spacial score (nSPS) is 30.8. The summed E-state index contributed by atoms with van der Waals surface area (Å²) in [5.74, 6) is 0.00310. The maximum atomic E-state index is 14.5. The molecule has 0 heterocycles. The Kier molecular flexibility index (Phi) is 10.5. The number of rotatable bonds is 9. The van der Waals surface area contributed by atoms with Crippen LogP contribution in [0.3, 0.4) is 0 Å². The van der Waals surface area contributed by atoms with Crippen molar-refractivity contribution in [2.45, 2.75) is 154 Å². The molecule has 0 aromatic heterocycles. The van der Waals surface area contributed by atoms with Crippen LogP contribution in [0.4, 0.5) is 0 Å². The van der Waals surface area contributed by atoms with Crippen LogP contribution in [0, 0.1) is 16.7 Å². The topological polar surface area (TPSA) is 78.9 Å². The Hall–Kier alpha value is -0.136.